The van der Waals surface area contributed by atoms with E-state index < -0.39 is 0 Å². The molecule has 0 aliphatic carbocycles. The summed E-state index contributed by atoms with van der Waals surface area (Å²) in [5, 5.41) is 4.30. The van der Waals surface area contributed by atoms with Gasteiger partial charge in [-0.15, -0.1) is 0 Å². The van der Waals surface area contributed by atoms with Crippen molar-refractivity contribution in [3.8, 4) is 0 Å². The van der Waals surface area contributed by atoms with E-state index in [2.05, 4.69) is 22.0 Å². The number of nitrogens with zero attached hydrogens (tertiary/aromatic N) is 4. The summed E-state index contributed by atoms with van der Waals surface area (Å²) in [5.41, 5.74) is 0. The van der Waals surface area contributed by atoms with Gasteiger partial charge in [0.05, 0.1) is 5.92 Å². The Morgan fingerprint density at radius 3 is 2.64 bits per heavy atom. The van der Waals surface area contributed by atoms with Crippen molar-refractivity contribution in [1.82, 2.24) is 19.9 Å². The molecule has 0 bridgehead atoms. The summed E-state index contributed by atoms with van der Waals surface area (Å²) < 4.78 is 11.2. The van der Waals surface area contributed by atoms with Crippen LogP contribution in [0.15, 0.2) is 4.52 Å². The quantitative estimate of drug-likeness (QED) is 0.832. The van der Waals surface area contributed by atoms with Crippen LogP contribution in [0.5, 0.6) is 0 Å². The van der Waals surface area contributed by atoms with Gasteiger partial charge in [-0.2, -0.15) is 4.98 Å². The van der Waals surface area contributed by atoms with Crippen LogP contribution in [0.3, 0.4) is 0 Å². The number of ether oxygens (including phenoxy) is 1. The third-order valence-corrected chi connectivity index (χ3v) is 6.30. The lowest BCUT2D eigenvalue weighted by Gasteiger charge is -2.38. The van der Waals surface area contributed by atoms with Crippen LogP contribution < -0.4 is 0 Å². The first kappa shape index (κ1) is 17.4. The highest BCUT2D eigenvalue weighted by Crippen LogP contribution is 2.29. The second-order valence-corrected chi connectivity index (χ2v) is 8.18. The van der Waals surface area contributed by atoms with Gasteiger partial charge in [0, 0.05) is 32.2 Å². The van der Waals surface area contributed by atoms with E-state index in [-0.39, 0.29) is 0 Å². The second-order valence-electron chi connectivity index (χ2n) is 8.18. The fourth-order valence-electron chi connectivity index (χ4n) is 4.63. The number of piperidine rings is 2. The molecular weight excluding hydrogens is 316 g/mol. The molecule has 25 heavy (non-hydrogen) atoms. The Labute approximate surface area is 150 Å². The third-order valence-electron chi connectivity index (χ3n) is 6.30. The van der Waals surface area contributed by atoms with Crippen LogP contribution in [0.2, 0.25) is 0 Å². The molecule has 0 amide bonds. The van der Waals surface area contributed by atoms with E-state index in [1.807, 2.05) is 0 Å². The molecule has 1 aromatic heterocycles. The highest BCUT2D eigenvalue weighted by atomic mass is 16.5. The van der Waals surface area contributed by atoms with Crippen molar-refractivity contribution in [3.63, 3.8) is 0 Å². The summed E-state index contributed by atoms with van der Waals surface area (Å²) in [4.78, 5) is 9.83. The summed E-state index contributed by atoms with van der Waals surface area (Å²) in [5.74, 6) is 2.93. The maximum Gasteiger partial charge on any atom is 0.231 e. The van der Waals surface area contributed by atoms with Crippen LogP contribution in [0.25, 0.3) is 0 Å². The Hall–Kier alpha value is -0.980. The SMILES string of the molecule is CN1CCC(Cc2noc(C3CCCN(C4CCOCC4)C3)n2)CC1. The number of likely N-dealkylation sites (tertiary alicyclic amines) is 2. The smallest absolute Gasteiger partial charge is 0.231 e. The van der Waals surface area contributed by atoms with Crippen LogP contribution in [0.4, 0.5) is 0 Å². The number of aromatic nitrogens is 2. The molecule has 6 heteroatoms. The standard InChI is InChI=1S/C19H32N4O2/c1-22-9-4-15(5-10-22)13-18-20-19(25-21-18)16-3-2-8-23(14-16)17-6-11-24-12-7-17/h15-17H,2-14H2,1H3. The molecule has 1 atom stereocenters. The zero-order valence-corrected chi connectivity index (χ0v) is 15.5. The first-order chi connectivity index (χ1) is 12.3. The van der Waals surface area contributed by atoms with Crippen molar-refractivity contribution in [2.45, 2.75) is 56.9 Å². The van der Waals surface area contributed by atoms with Crippen LogP contribution in [-0.2, 0) is 11.2 Å². The largest absolute Gasteiger partial charge is 0.381 e. The van der Waals surface area contributed by atoms with E-state index in [9.17, 15) is 0 Å². The zero-order valence-electron chi connectivity index (χ0n) is 15.5. The molecule has 4 heterocycles. The summed E-state index contributed by atoms with van der Waals surface area (Å²) in [6, 6.07) is 0.679. The second kappa shape index (κ2) is 8.14. The van der Waals surface area contributed by atoms with Crippen LogP contribution in [0, 0.1) is 5.92 Å². The van der Waals surface area contributed by atoms with E-state index in [0.29, 0.717) is 17.9 Å². The van der Waals surface area contributed by atoms with Crippen LogP contribution in [-0.4, -0.2) is 72.4 Å². The fraction of sp³-hybridized carbons (Fsp3) is 0.895. The van der Waals surface area contributed by atoms with Crippen molar-refractivity contribution in [2.24, 2.45) is 5.92 Å². The van der Waals surface area contributed by atoms with Crippen molar-refractivity contribution < 1.29 is 9.26 Å². The third kappa shape index (κ3) is 4.41. The Kier molecular flexibility index (Phi) is 5.68. The van der Waals surface area contributed by atoms with Crippen molar-refractivity contribution in [2.75, 3.05) is 46.4 Å². The van der Waals surface area contributed by atoms with E-state index in [1.54, 1.807) is 0 Å². The summed E-state index contributed by atoms with van der Waals surface area (Å²) in [6.45, 7) is 6.48. The molecule has 3 fully saturated rings. The van der Waals surface area contributed by atoms with Gasteiger partial charge >= 0.3 is 0 Å². The molecule has 3 aliphatic heterocycles. The number of hydrogen-bond donors (Lipinski definition) is 0. The zero-order chi connectivity index (χ0) is 17.1. The summed E-state index contributed by atoms with van der Waals surface area (Å²) in [7, 11) is 2.20. The molecule has 1 unspecified atom stereocenters. The van der Waals surface area contributed by atoms with Gasteiger partial charge in [-0.25, -0.2) is 0 Å². The molecule has 1 aromatic rings. The molecule has 0 spiro atoms. The van der Waals surface area contributed by atoms with Gasteiger partial charge in [0.2, 0.25) is 5.89 Å². The van der Waals surface area contributed by atoms with Gasteiger partial charge in [-0.1, -0.05) is 5.16 Å². The van der Waals surface area contributed by atoms with Crippen LogP contribution in [0.1, 0.15) is 56.2 Å². The minimum Gasteiger partial charge on any atom is -0.381 e. The minimum atomic E-state index is 0.412. The van der Waals surface area contributed by atoms with E-state index >= 15 is 0 Å². The first-order valence-corrected chi connectivity index (χ1v) is 10.1. The molecule has 3 aliphatic rings. The average Bonchev–Trinajstić information content (AvgIpc) is 3.13. The Bertz CT molecular complexity index is 535. The van der Waals surface area contributed by atoms with Crippen molar-refractivity contribution in [1.29, 1.82) is 0 Å². The van der Waals surface area contributed by atoms with Gasteiger partial charge in [0.1, 0.15) is 0 Å². The van der Waals surface area contributed by atoms with Crippen molar-refractivity contribution in [3.05, 3.63) is 11.7 Å². The first-order valence-electron chi connectivity index (χ1n) is 10.1. The Morgan fingerprint density at radius 2 is 1.84 bits per heavy atom. The molecule has 0 radical (unpaired) electrons. The Balaban J connectivity index is 1.33. The topological polar surface area (TPSA) is 54.6 Å². The van der Waals surface area contributed by atoms with E-state index in [4.69, 9.17) is 14.2 Å². The summed E-state index contributed by atoms with van der Waals surface area (Å²) in [6.07, 6.45) is 8.22. The lowest BCUT2D eigenvalue weighted by molar-refractivity contribution is 0.0221. The molecule has 0 aromatic carbocycles. The predicted octanol–water partition coefficient (Wildman–Crippen LogP) is 2.31. The monoisotopic (exact) mass is 348 g/mol. The van der Waals surface area contributed by atoms with Crippen LogP contribution >= 0.6 is 0 Å². The number of rotatable bonds is 4. The highest BCUT2D eigenvalue weighted by molar-refractivity contribution is 4.99. The molecule has 6 nitrogen and oxygen atoms in total. The molecule has 0 N–H and O–H groups in total. The van der Waals surface area contributed by atoms with E-state index in [1.165, 1.54) is 45.3 Å². The number of hydrogen-bond acceptors (Lipinski definition) is 6. The predicted molar refractivity (Wildman–Crippen MR) is 95.6 cm³/mol. The maximum absolute atomic E-state index is 5.68. The van der Waals surface area contributed by atoms with Gasteiger partial charge in [-0.3, -0.25) is 4.90 Å². The lowest BCUT2D eigenvalue weighted by Crippen LogP contribution is -2.44. The Morgan fingerprint density at radius 1 is 1.04 bits per heavy atom. The molecule has 4 rings (SSSR count). The van der Waals surface area contributed by atoms with Gasteiger partial charge in [-0.05, 0) is 71.1 Å². The maximum atomic E-state index is 5.68. The molecule has 3 saturated heterocycles. The summed E-state index contributed by atoms with van der Waals surface area (Å²) >= 11 is 0. The lowest BCUT2D eigenvalue weighted by atomic mass is 9.93. The molecular formula is C19H32N4O2. The highest BCUT2D eigenvalue weighted by Gasteiger charge is 2.31. The fourth-order valence-corrected chi connectivity index (χ4v) is 4.63. The molecule has 0 saturated carbocycles. The van der Waals surface area contributed by atoms with E-state index in [0.717, 1.165) is 50.7 Å². The van der Waals surface area contributed by atoms with Crippen molar-refractivity contribution >= 4 is 0 Å². The van der Waals surface area contributed by atoms with Gasteiger partial charge in [0.25, 0.3) is 0 Å². The molecule has 140 valence electrons. The normalized spacial score (nSPS) is 28.4. The average molecular weight is 348 g/mol. The van der Waals surface area contributed by atoms with Gasteiger partial charge in [0.15, 0.2) is 5.82 Å². The minimum absolute atomic E-state index is 0.412. The van der Waals surface area contributed by atoms with Gasteiger partial charge < -0.3 is 14.2 Å².